The molecule has 8 nitrogen and oxygen atoms in total. The summed E-state index contributed by atoms with van der Waals surface area (Å²) in [5.41, 5.74) is 2.23. The highest BCUT2D eigenvalue weighted by Crippen LogP contribution is 2.48. The minimum absolute atomic E-state index is 0.217. The van der Waals surface area contributed by atoms with Crippen LogP contribution < -0.4 is 9.47 Å². The van der Waals surface area contributed by atoms with Gasteiger partial charge in [-0.25, -0.2) is 4.79 Å². The maximum Gasteiger partial charge on any atom is 0.410 e. The average Bonchev–Trinajstić information content (AvgIpc) is 3.69. The minimum atomic E-state index is -1.15. The average molecular weight is 733 g/mol. The molecule has 2 fully saturated rings. The number of halogens is 1. The fourth-order valence-corrected chi connectivity index (χ4v) is 8.03. The fraction of sp³-hybridized carbons (Fsp3) is 0.214. The zero-order valence-electron chi connectivity index (χ0n) is 28.5. The van der Waals surface area contributed by atoms with Crippen molar-refractivity contribution < 1.29 is 28.6 Å². The highest BCUT2D eigenvalue weighted by atomic mass is 35.5. The van der Waals surface area contributed by atoms with Crippen LogP contribution in [0.2, 0.25) is 5.02 Å². The predicted molar refractivity (Wildman–Crippen MR) is 202 cm³/mol. The second-order valence-corrected chi connectivity index (χ2v) is 14.4. The molecule has 0 aromatic heterocycles. The molecule has 3 amide bonds. The van der Waals surface area contributed by atoms with E-state index in [0.717, 1.165) is 34.0 Å². The first-order valence-electron chi connectivity index (χ1n) is 17.1. The Bertz CT molecular complexity index is 1920. The standard InChI is InChI=1S/C42H37ClN2O6S/c1-29(44-26-37(51-40(44)47)28-50-36-19-11-18-34(43)25-36)27-49-35-22-20-30(21-23-35)24-38-39(46)45(41(48)52-38)42(31-12-5-2-6-13-31,32-14-7-3-8-15-32)33-16-9-4-10-17-33/h2-23,25,29,37-38H,24,26-28H2,1H3. The number of amides is 3. The summed E-state index contributed by atoms with van der Waals surface area (Å²) in [5.74, 6) is 0.999. The molecule has 0 aliphatic carbocycles. The highest BCUT2D eigenvalue weighted by molar-refractivity contribution is 8.15. The first kappa shape index (κ1) is 35.2. The Morgan fingerprint density at radius 2 is 1.37 bits per heavy atom. The van der Waals surface area contributed by atoms with Crippen LogP contribution in [0.4, 0.5) is 9.59 Å². The van der Waals surface area contributed by atoms with Gasteiger partial charge in [-0.1, -0.05) is 133 Å². The van der Waals surface area contributed by atoms with Crippen LogP contribution in [0.3, 0.4) is 0 Å². The van der Waals surface area contributed by atoms with Crippen LogP contribution in [0, 0.1) is 0 Å². The van der Waals surface area contributed by atoms with Crippen molar-refractivity contribution in [2.24, 2.45) is 0 Å². The zero-order chi connectivity index (χ0) is 36.1. The van der Waals surface area contributed by atoms with Crippen molar-refractivity contribution in [3.8, 4) is 11.5 Å². The molecule has 5 aromatic carbocycles. The number of ether oxygens (including phenoxy) is 3. The monoisotopic (exact) mass is 732 g/mol. The van der Waals surface area contributed by atoms with E-state index in [4.69, 9.17) is 25.8 Å². The van der Waals surface area contributed by atoms with Gasteiger partial charge in [0.05, 0.1) is 17.8 Å². The molecule has 5 aromatic rings. The van der Waals surface area contributed by atoms with Gasteiger partial charge in [0.2, 0.25) is 5.91 Å². The number of rotatable bonds is 13. The lowest BCUT2D eigenvalue weighted by atomic mass is 9.75. The zero-order valence-corrected chi connectivity index (χ0v) is 30.0. The Morgan fingerprint density at radius 1 is 0.769 bits per heavy atom. The second kappa shape index (κ2) is 15.6. The van der Waals surface area contributed by atoms with Crippen molar-refractivity contribution in [2.45, 2.75) is 36.3 Å². The van der Waals surface area contributed by atoms with Crippen LogP contribution in [0.25, 0.3) is 0 Å². The molecule has 2 saturated heterocycles. The number of hydrogen-bond acceptors (Lipinski definition) is 7. The van der Waals surface area contributed by atoms with E-state index in [0.29, 0.717) is 29.5 Å². The quantitative estimate of drug-likeness (QED) is 0.112. The summed E-state index contributed by atoms with van der Waals surface area (Å²) in [6.07, 6.45) is -0.454. The van der Waals surface area contributed by atoms with Crippen molar-refractivity contribution in [1.29, 1.82) is 0 Å². The van der Waals surface area contributed by atoms with Gasteiger partial charge in [-0.2, -0.15) is 0 Å². The maximum absolute atomic E-state index is 14.4. The molecule has 10 heteroatoms. The summed E-state index contributed by atoms with van der Waals surface area (Å²) in [6.45, 7) is 2.76. The summed E-state index contributed by atoms with van der Waals surface area (Å²) in [7, 11) is 0. The molecule has 2 heterocycles. The molecular weight excluding hydrogens is 696 g/mol. The van der Waals surface area contributed by atoms with Crippen LogP contribution in [0.5, 0.6) is 11.5 Å². The van der Waals surface area contributed by atoms with Gasteiger partial charge >= 0.3 is 6.09 Å². The topological polar surface area (TPSA) is 85.4 Å². The van der Waals surface area contributed by atoms with Crippen LogP contribution in [-0.4, -0.2) is 64.2 Å². The minimum Gasteiger partial charge on any atom is -0.491 e. The lowest BCUT2D eigenvalue weighted by Crippen LogP contribution is -2.51. The molecule has 2 aliphatic rings. The lowest BCUT2D eigenvalue weighted by Gasteiger charge is -2.42. The van der Waals surface area contributed by atoms with Gasteiger partial charge in [0.15, 0.2) is 6.10 Å². The van der Waals surface area contributed by atoms with E-state index in [1.54, 1.807) is 29.2 Å². The van der Waals surface area contributed by atoms with Crippen molar-refractivity contribution in [3.63, 3.8) is 0 Å². The lowest BCUT2D eigenvalue weighted by molar-refractivity contribution is -0.129. The van der Waals surface area contributed by atoms with Crippen molar-refractivity contribution in [2.75, 3.05) is 19.8 Å². The van der Waals surface area contributed by atoms with Crippen molar-refractivity contribution >= 4 is 40.6 Å². The van der Waals surface area contributed by atoms with Gasteiger partial charge < -0.3 is 14.2 Å². The molecule has 7 rings (SSSR count). The van der Waals surface area contributed by atoms with E-state index in [9.17, 15) is 14.4 Å². The third kappa shape index (κ3) is 7.24. The summed E-state index contributed by atoms with van der Waals surface area (Å²) in [6, 6.07) is 43.6. The molecule has 0 saturated carbocycles. The Morgan fingerprint density at radius 3 is 1.94 bits per heavy atom. The summed E-state index contributed by atoms with van der Waals surface area (Å²) in [4.78, 5) is 44.1. The Hall–Kier alpha value is -5.25. The molecule has 0 bridgehead atoms. The maximum atomic E-state index is 14.4. The van der Waals surface area contributed by atoms with Crippen LogP contribution in [-0.2, 0) is 21.5 Å². The summed E-state index contributed by atoms with van der Waals surface area (Å²) >= 11 is 7.10. The fourth-order valence-electron chi connectivity index (χ4n) is 6.79. The largest absolute Gasteiger partial charge is 0.491 e. The normalized spacial score (nSPS) is 18.0. The Kier molecular flexibility index (Phi) is 10.5. The summed E-state index contributed by atoms with van der Waals surface area (Å²) < 4.78 is 17.3. The SMILES string of the molecule is CC(COc1ccc(CC2SC(=O)N(C(c3ccccc3)(c3ccccc3)c3ccccc3)C2=O)cc1)N1CC(COc2cccc(Cl)c2)OC1=O. The van der Waals surface area contributed by atoms with Gasteiger partial charge in [-0.05, 0) is 65.9 Å². The van der Waals surface area contributed by atoms with Gasteiger partial charge in [-0.3, -0.25) is 19.4 Å². The first-order chi connectivity index (χ1) is 25.3. The van der Waals surface area contributed by atoms with Gasteiger partial charge in [0, 0.05) is 5.02 Å². The number of nitrogens with zero attached hydrogens (tertiary/aromatic N) is 2. The molecule has 3 atom stereocenters. The summed E-state index contributed by atoms with van der Waals surface area (Å²) in [5, 5.41) is -0.326. The Labute approximate surface area is 312 Å². The number of thioether (sulfide) groups is 1. The van der Waals surface area contributed by atoms with E-state index in [-0.39, 0.29) is 30.4 Å². The number of hydrogen-bond donors (Lipinski definition) is 0. The van der Waals surface area contributed by atoms with E-state index in [2.05, 4.69) is 0 Å². The van der Waals surface area contributed by atoms with Crippen LogP contribution in [0.15, 0.2) is 140 Å². The predicted octanol–water partition coefficient (Wildman–Crippen LogP) is 8.61. The second-order valence-electron chi connectivity index (χ2n) is 12.8. The highest BCUT2D eigenvalue weighted by Gasteiger charge is 2.54. The smallest absolute Gasteiger partial charge is 0.410 e. The van der Waals surface area contributed by atoms with E-state index >= 15 is 0 Å². The third-order valence-electron chi connectivity index (χ3n) is 9.33. The first-order valence-corrected chi connectivity index (χ1v) is 18.4. The number of carbonyl (C=O) groups excluding carboxylic acids is 3. The molecule has 52 heavy (non-hydrogen) atoms. The van der Waals surface area contributed by atoms with Gasteiger partial charge in [0.1, 0.15) is 30.3 Å². The molecule has 264 valence electrons. The number of cyclic esters (lactones) is 1. The third-order valence-corrected chi connectivity index (χ3v) is 10.6. The van der Waals surface area contributed by atoms with Gasteiger partial charge in [0.25, 0.3) is 5.24 Å². The molecule has 2 aliphatic heterocycles. The molecule has 0 spiro atoms. The molecule has 3 unspecified atom stereocenters. The number of carbonyl (C=O) groups is 3. The van der Waals surface area contributed by atoms with Crippen LogP contribution >= 0.6 is 23.4 Å². The van der Waals surface area contributed by atoms with E-state index < -0.39 is 23.0 Å². The number of benzene rings is 5. The molecule has 0 N–H and O–H groups in total. The van der Waals surface area contributed by atoms with Crippen molar-refractivity contribution in [1.82, 2.24) is 9.80 Å². The number of imide groups is 1. The molecular formula is C42H37ClN2O6S. The van der Waals surface area contributed by atoms with E-state index in [1.807, 2.05) is 122 Å². The van der Waals surface area contributed by atoms with Crippen LogP contribution in [0.1, 0.15) is 29.2 Å². The Balaban J connectivity index is 1.01. The van der Waals surface area contributed by atoms with Gasteiger partial charge in [-0.15, -0.1) is 0 Å². The van der Waals surface area contributed by atoms with Crippen molar-refractivity contribution in [3.05, 3.63) is 167 Å². The molecule has 0 radical (unpaired) electrons. The van der Waals surface area contributed by atoms with E-state index in [1.165, 1.54) is 4.90 Å².